The predicted octanol–water partition coefficient (Wildman–Crippen LogP) is 2.22. The van der Waals surface area contributed by atoms with Crippen LogP contribution in [-0.4, -0.2) is 47.8 Å². The van der Waals surface area contributed by atoms with E-state index in [4.69, 9.17) is 4.42 Å². The summed E-state index contributed by atoms with van der Waals surface area (Å²) in [6.07, 6.45) is 2.93. The molecule has 1 aliphatic heterocycles. The maximum atomic E-state index is 12.9. The number of amides is 2. The van der Waals surface area contributed by atoms with E-state index in [1.165, 1.54) is 36.7 Å². The van der Waals surface area contributed by atoms with E-state index < -0.39 is 11.7 Å². The molecule has 2 heterocycles. The number of hydrogen-bond donors (Lipinski definition) is 1. The highest BCUT2D eigenvalue weighted by atomic mass is 19.1. The molecule has 27 heavy (non-hydrogen) atoms. The molecule has 1 aliphatic rings. The molecular weight excluding hydrogens is 351 g/mol. The van der Waals surface area contributed by atoms with Gasteiger partial charge in [-0.05, 0) is 36.4 Å². The molecule has 0 spiro atoms. The quantitative estimate of drug-likeness (QED) is 0.660. The van der Waals surface area contributed by atoms with Crippen molar-refractivity contribution < 1.29 is 18.4 Å². The van der Waals surface area contributed by atoms with Gasteiger partial charge in [-0.2, -0.15) is 5.26 Å². The maximum Gasteiger partial charge on any atom is 0.289 e. The van der Waals surface area contributed by atoms with Crippen molar-refractivity contribution in [2.75, 3.05) is 31.5 Å². The third-order valence-corrected chi connectivity index (χ3v) is 4.11. The molecule has 0 atom stereocenters. The second-order valence-electron chi connectivity index (χ2n) is 5.92. The van der Waals surface area contributed by atoms with Gasteiger partial charge in [-0.15, -0.1) is 0 Å². The molecule has 2 aromatic rings. The van der Waals surface area contributed by atoms with Crippen LogP contribution in [0.2, 0.25) is 0 Å². The van der Waals surface area contributed by atoms with E-state index in [1.54, 1.807) is 17.0 Å². The molecular formula is C19H17FN4O3. The summed E-state index contributed by atoms with van der Waals surface area (Å²) in [5.74, 6) is -0.877. The lowest BCUT2D eigenvalue weighted by Gasteiger charge is -2.33. The van der Waals surface area contributed by atoms with E-state index in [9.17, 15) is 19.2 Å². The van der Waals surface area contributed by atoms with Gasteiger partial charge in [0, 0.05) is 38.1 Å². The fraction of sp³-hybridized carbons (Fsp3) is 0.211. The van der Waals surface area contributed by atoms with Gasteiger partial charge in [-0.3, -0.25) is 9.59 Å². The molecule has 0 unspecified atom stereocenters. The molecule has 0 radical (unpaired) electrons. The Balaban J connectivity index is 1.58. The van der Waals surface area contributed by atoms with Crippen LogP contribution in [0.25, 0.3) is 0 Å². The summed E-state index contributed by atoms with van der Waals surface area (Å²) < 4.78 is 18.0. The van der Waals surface area contributed by atoms with Crippen molar-refractivity contribution in [2.24, 2.45) is 0 Å². The molecule has 0 bridgehead atoms. The molecule has 7 nitrogen and oxygen atoms in total. The fourth-order valence-corrected chi connectivity index (χ4v) is 2.66. The summed E-state index contributed by atoms with van der Waals surface area (Å²) in [5, 5.41) is 11.8. The summed E-state index contributed by atoms with van der Waals surface area (Å²) in [7, 11) is 0. The Labute approximate surface area is 155 Å². The molecule has 1 N–H and O–H groups in total. The molecule has 138 valence electrons. The average molecular weight is 368 g/mol. The Morgan fingerprint density at radius 1 is 1.15 bits per heavy atom. The van der Waals surface area contributed by atoms with Crippen molar-refractivity contribution in [2.45, 2.75) is 0 Å². The summed E-state index contributed by atoms with van der Waals surface area (Å²) in [6.45, 7) is 1.88. The normalized spacial score (nSPS) is 14.6. The molecule has 1 fully saturated rings. The lowest BCUT2D eigenvalue weighted by molar-refractivity contribution is -0.112. The molecule has 3 rings (SSSR count). The van der Waals surface area contributed by atoms with Crippen molar-refractivity contribution in [3.8, 4) is 6.07 Å². The number of nitriles is 1. The van der Waals surface area contributed by atoms with Gasteiger partial charge in [0.05, 0.1) is 6.26 Å². The van der Waals surface area contributed by atoms with Crippen LogP contribution in [0.15, 0.2) is 58.9 Å². The maximum absolute atomic E-state index is 12.9. The lowest BCUT2D eigenvalue weighted by Crippen LogP contribution is -2.47. The zero-order chi connectivity index (χ0) is 19.2. The Bertz CT molecular complexity index is 877. The first-order chi connectivity index (χ1) is 13.1. The van der Waals surface area contributed by atoms with Crippen LogP contribution in [-0.2, 0) is 4.79 Å². The highest BCUT2D eigenvalue weighted by molar-refractivity contribution is 6.06. The summed E-state index contributed by atoms with van der Waals surface area (Å²) in [5.41, 5.74) is 0.335. The number of carbonyl (C=O) groups is 2. The second kappa shape index (κ2) is 8.19. The van der Waals surface area contributed by atoms with Crippen molar-refractivity contribution in [1.82, 2.24) is 9.80 Å². The van der Waals surface area contributed by atoms with Gasteiger partial charge in [0.15, 0.2) is 5.76 Å². The minimum atomic E-state index is -0.571. The minimum Gasteiger partial charge on any atom is -0.459 e. The lowest BCUT2D eigenvalue weighted by atomic mass is 10.2. The average Bonchev–Trinajstić information content (AvgIpc) is 3.22. The zero-order valence-corrected chi connectivity index (χ0v) is 14.4. The number of nitrogens with zero attached hydrogens (tertiary/aromatic N) is 3. The standard InChI is InChI=1S/C19H17FN4O3/c20-15-3-5-16(6-4-15)22-18(25)14(12-21)13-23-7-9-24(10-8-23)19(26)17-2-1-11-27-17/h1-6,11,13H,7-10H2,(H,22,25)/b14-13-. The minimum absolute atomic E-state index is 0.0647. The van der Waals surface area contributed by atoms with E-state index in [2.05, 4.69) is 5.32 Å². The van der Waals surface area contributed by atoms with Crippen LogP contribution in [0.3, 0.4) is 0 Å². The topological polar surface area (TPSA) is 89.6 Å². The van der Waals surface area contributed by atoms with E-state index >= 15 is 0 Å². The van der Waals surface area contributed by atoms with Gasteiger partial charge in [-0.25, -0.2) is 4.39 Å². The Hall–Kier alpha value is -3.60. The Kier molecular flexibility index (Phi) is 5.52. The van der Waals surface area contributed by atoms with E-state index in [1.807, 2.05) is 11.0 Å². The highest BCUT2D eigenvalue weighted by Crippen LogP contribution is 2.12. The number of furan rings is 1. The predicted molar refractivity (Wildman–Crippen MR) is 94.9 cm³/mol. The van der Waals surface area contributed by atoms with Crippen LogP contribution in [0, 0.1) is 17.1 Å². The van der Waals surface area contributed by atoms with Gasteiger partial charge in [-0.1, -0.05) is 0 Å². The summed E-state index contributed by atoms with van der Waals surface area (Å²) >= 11 is 0. The molecule has 0 aliphatic carbocycles. The number of halogens is 1. The third-order valence-electron chi connectivity index (χ3n) is 4.11. The zero-order valence-electron chi connectivity index (χ0n) is 14.4. The van der Waals surface area contributed by atoms with Crippen molar-refractivity contribution >= 4 is 17.5 Å². The largest absolute Gasteiger partial charge is 0.459 e. The van der Waals surface area contributed by atoms with E-state index in [0.717, 1.165) is 0 Å². The first kappa shape index (κ1) is 18.2. The molecule has 2 amide bonds. The molecule has 1 aromatic heterocycles. The van der Waals surface area contributed by atoms with Gasteiger partial charge >= 0.3 is 0 Å². The summed E-state index contributed by atoms with van der Waals surface area (Å²) in [6, 6.07) is 10.4. The fourth-order valence-electron chi connectivity index (χ4n) is 2.66. The van der Waals surface area contributed by atoms with Crippen molar-refractivity contribution in [3.63, 3.8) is 0 Å². The molecule has 8 heteroatoms. The van der Waals surface area contributed by atoms with Crippen LogP contribution in [0.4, 0.5) is 10.1 Å². The monoisotopic (exact) mass is 368 g/mol. The smallest absolute Gasteiger partial charge is 0.289 e. The first-order valence-electron chi connectivity index (χ1n) is 8.32. The number of rotatable bonds is 4. The van der Waals surface area contributed by atoms with Crippen molar-refractivity contribution in [3.05, 3.63) is 66.0 Å². The van der Waals surface area contributed by atoms with Gasteiger partial charge < -0.3 is 19.5 Å². The van der Waals surface area contributed by atoms with Crippen LogP contribution >= 0.6 is 0 Å². The second-order valence-corrected chi connectivity index (χ2v) is 5.92. The number of nitrogens with one attached hydrogen (secondary N) is 1. The number of hydrogen-bond acceptors (Lipinski definition) is 5. The van der Waals surface area contributed by atoms with Gasteiger partial charge in [0.2, 0.25) is 0 Å². The SMILES string of the molecule is N#C/C(=C/N1CCN(C(=O)c2ccco2)CC1)C(=O)Nc1ccc(F)cc1. The van der Waals surface area contributed by atoms with Crippen LogP contribution in [0.5, 0.6) is 0 Å². The third kappa shape index (κ3) is 4.52. The number of piperazine rings is 1. The van der Waals surface area contributed by atoms with Crippen LogP contribution in [0.1, 0.15) is 10.6 Å². The number of carbonyl (C=O) groups excluding carboxylic acids is 2. The molecule has 1 saturated heterocycles. The van der Waals surface area contributed by atoms with E-state index in [-0.39, 0.29) is 17.2 Å². The van der Waals surface area contributed by atoms with E-state index in [0.29, 0.717) is 31.9 Å². The molecule has 1 aromatic carbocycles. The van der Waals surface area contributed by atoms with Crippen LogP contribution < -0.4 is 5.32 Å². The number of benzene rings is 1. The summed E-state index contributed by atoms with van der Waals surface area (Å²) in [4.78, 5) is 27.9. The Morgan fingerprint density at radius 3 is 2.44 bits per heavy atom. The van der Waals surface area contributed by atoms with Gasteiger partial charge in [0.1, 0.15) is 17.5 Å². The molecule has 0 saturated carbocycles. The number of anilines is 1. The van der Waals surface area contributed by atoms with Crippen molar-refractivity contribution in [1.29, 1.82) is 5.26 Å². The van der Waals surface area contributed by atoms with Gasteiger partial charge in [0.25, 0.3) is 11.8 Å². The first-order valence-corrected chi connectivity index (χ1v) is 8.32. The Morgan fingerprint density at radius 2 is 1.85 bits per heavy atom. The highest BCUT2D eigenvalue weighted by Gasteiger charge is 2.23.